The van der Waals surface area contributed by atoms with Crippen molar-refractivity contribution in [3.63, 3.8) is 0 Å². The molecule has 3 rings (SSSR count). The van der Waals surface area contributed by atoms with E-state index in [0.717, 1.165) is 35.2 Å². The van der Waals surface area contributed by atoms with Crippen molar-refractivity contribution >= 4 is 46.6 Å². The Balaban J connectivity index is 1.74. The highest BCUT2D eigenvalue weighted by molar-refractivity contribution is 7.99. The maximum Gasteiger partial charge on any atom is 0.234 e. The molecule has 0 unspecified atom stereocenters. The SMILES string of the molecule is CCc1cccc(CC)c1NC(=O)CSc1nnc(-c2ccc(Cl)c(Cl)c2)n1CC. The summed E-state index contributed by atoms with van der Waals surface area (Å²) in [5.41, 5.74) is 4.05. The van der Waals surface area contributed by atoms with Crippen LogP contribution in [0.5, 0.6) is 0 Å². The number of aromatic nitrogens is 3. The quantitative estimate of drug-likeness (QED) is 0.409. The first-order valence-corrected chi connectivity index (χ1v) is 11.6. The molecule has 5 nitrogen and oxygen atoms in total. The summed E-state index contributed by atoms with van der Waals surface area (Å²) in [5, 5.41) is 13.3. The van der Waals surface area contributed by atoms with Gasteiger partial charge in [0.05, 0.1) is 15.8 Å². The molecule has 0 aliphatic rings. The monoisotopic (exact) mass is 462 g/mol. The normalized spacial score (nSPS) is 11.0. The second-order valence-corrected chi connectivity index (χ2v) is 8.43. The van der Waals surface area contributed by atoms with Crippen molar-refractivity contribution in [3.05, 3.63) is 57.6 Å². The summed E-state index contributed by atoms with van der Waals surface area (Å²) in [5.74, 6) is 0.890. The molecule has 0 bridgehead atoms. The zero-order valence-corrected chi connectivity index (χ0v) is 19.5. The Hall–Kier alpha value is -2.02. The fourth-order valence-electron chi connectivity index (χ4n) is 3.24. The van der Waals surface area contributed by atoms with Gasteiger partial charge in [0.25, 0.3) is 0 Å². The van der Waals surface area contributed by atoms with Crippen LogP contribution in [0.3, 0.4) is 0 Å². The predicted octanol–water partition coefficient (Wildman–Crippen LogP) is 6.13. The molecule has 1 N–H and O–H groups in total. The van der Waals surface area contributed by atoms with Crippen LogP contribution in [0.2, 0.25) is 10.0 Å². The summed E-state index contributed by atoms with van der Waals surface area (Å²) in [6, 6.07) is 11.5. The maximum atomic E-state index is 12.7. The molecular formula is C22H24Cl2N4OS. The van der Waals surface area contributed by atoms with Crippen LogP contribution < -0.4 is 5.32 Å². The number of carbonyl (C=O) groups is 1. The van der Waals surface area contributed by atoms with Gasteiger partial charge < -0.3 is 9.88 Å². The van der Waals surface area contributed by atoms with Gasteiger partial charge in [0.15, 0.2) is 11.0 Å². The van der Waals surface area contributed by atoms with E-state index in [0.29, 0.717) is 27.6 Å². The molecule has 1 amide bonds. The molecule has 0 saturated carbocycles. The average Bonchev–Trinajstić information content (AvgIpc) is 3.17. The van der Waals surface area contributed by atoms with Gasteiger partial charge in [0.2, 0.25) is 5.91 Å². The first-order valence-electron chi connectivity index (χ1n) is 9.90. The molecule has 2 aromatic carbocycles. The van der Waals surface area contributed by atoms with Gasteiger partial charge in [-0.25, -0.2) is 0 Å². The van der Waals surface area contributed by atoms with E-state index in [4.69, 9.17) is 23.2 Å². The molecule has 0 aliphatic carbocycles. The lowest BCUT2D eigenvalue weighted by molar-refractivity contribution is -0.113. The maximum absolute atomic E-state index is 12.7. The number of amides is 1. The molecule has 0 atom stereocenters. The van der Waals surface area contributed by atoms with Crippen molar-refractivity contribution in [2.75, 3.05) is 11.1 Å². The molecule has 30 heavy (non-hydrogen) atoms. The van der Waals surface area contributed by atoms with Crippen LogP contribution in [0.25, 0.3) is 11.4 Å². The van der Waals surface area contributed by atoms with Crippen LogP contribution in [0.15, 0.2) is 41.6 Å². The summed E-state index contributed by atoms with van der Waals surface area (Å²) in [7, 11) is 0. The molecule has 0 spiro atoms. The van der Waals surface area contributed by atoms with E-state index < -0.39 is 0 Å². The molecule has 0 saturated heterocycles. The van der Waals surface area contributed by atoms with Crippen molar-refractivity contribution in [3.8, 4) is 11.4 Å². The van der Waals surface area contributed by atoms with Gasteiger partial charge in [-0.3, -0.25) is 4.79 Å². The third-order valence-electron chi connectivity index (χ3n) is 4.81. The van der Waals surface area contributed by atoms with E-state index in [2.05, 4.69) is 41.5 Å². The Morgan fingerprint density at radius 3 is 2.33 bits per heavy atom. The Labute approximate surface area is 191 Å². The van der Waals surface area contributed by atoms with Crippen molar-refractivity contribution in [2.45, 2.75) is 45.3 Å². The highest BCUT2D eigenvalue weighted by atomic mass is 35.5. The zero-order chi connectivity index (χ0) is 21.7. The van der Waals surface area contributed by atoms with Gasteiger partial charge in [-0.15, -0.1) is 10.2 Å². The minimum atomic E-state index is -0.0580. The van der Waals surface area contributed by atoms with E-state index in [1.807, 2.05) is 23.6 Å². The van der Waals surface area contributed by atoms with Crippen molar-refractivity contribution in [1.29, 1.82) is 0 Å². The molecule has 0 fully saturated rings. The molecule has 3 aromatic rings. The minimum absolute atomic E-state index is 0.0580. The van der Waals surface area contributed by atoms with E-state index >= 15 is 0 Å². The first kappa shape index (κ1) is 22.7. The highest BCUT2D eigenvalue weighted by Gasteiger charge is 2.16. The summed E-state index contributed by atoms with van der Waals surface area (Å²) in [6.45, 7) is 6.87. The van der Waals surface area contributed by atoms with E-state index in [-0.39, 0.29) is 11.7 Å². The molecule has 158 valence electrons. The third kappa shape index (κ3) is 4.99. The Bertz CT molecular complexity index is 1030. The summed E-state index contributed by atoms with van der Waals surface area (Å²) in [4.78, 5) is 12.7. The smallest absolute Gasteiger partial charge is 0.234 e. The van der Waals surface area contributed by atoms with Crippen LogP contribution in [0, 0.1) is 0 Å². The largest absolute Gasteiger partial charge is 0.325 e. The van der Waals surface area contributed by atoms with Crippen LogP contribution in [0.1, 0.15) is 31.9 Å². The number of aryl methyl sites for hydroxylation is 2. The molecule has 0 aliphatic heterocycles. The number of anilines is 1. The Morgan fingerprint density at radius 2 is 1.73 bits per heavy atom. The number of nitrogens with one attached hydrogen (secondary N) is 1. The number of halogens is 2. The van der Waals surface area contributed by atoms with E-state index in [1.165, 1.54) is 11.8 Å². The van der Waals surface area contributed by atoms with Crippen molar-refractivity contribution in [2.24, 2.45) is 0 Å². The second kappa shape index (κ2) is 10.3. The Morgan fingerprint density at radius 1 is 1.03 bits per heavy atom. The van der Waals surface area contributed by atoms with Crippen LogP contribution >= 0.6 is 35.0 Å². The number of thioether (sulfide) groups is 1. The topological polar surface area (TPSA) is 59.8 Å². The molecule has 8 heteroatoms. The fourth-order valence-corrected chi connectivity index (χ4v) is 4.34. The van der Waals surface area contributed by atoms with Crippen LogP contribution in [-0.4, -0.2) is 26.4 Å². The Kier molecular flexibility index (Phi) is 7.81. The van der Waals surface area contributed by atoms with Gasteiger partial charge in [-0.1, -0.05) is 67.0 Å². The lowest BCUT2D eigenvalue weighted by atomic mass is 10.0. The molecule has 0 radical (unpaired) electrons. The van der Waals surface area contributed by atoms with Gasteiger partial charge in [0.1, 0.15) is 0 Å². The number of benzene rings is 2. The second-order valence-electron chi connectivity index (χ2n) is 6.67. The first-order chi connectivity index (χ1) is 14.5. The number of para-hydroxylation sites is 1. The van der Waals surface area contributed by atoms with Gasteiger partial charge in [-0.05, 0) is 49.1 Å². The number of carbonyl (C=O) groups excluding carboxylic acids is 1. The van der Waals surface area contributed by atoms with Crippen molar-refractivity contribution in [1.82, 2.24) is 14.8 Å². The average molecular weight is 463 g/mol. The summed E-state index contributed by atoms with van der Waals surface area (Å²) >= 11 is 13.5. The molecular weight excluding hydrogens is 439 g/mol. The van der Waals surface area contributed by atoms with E-state index in [9.17, 15) is 4.79 Å². The number of hydrogen-bond acceptors (Lipinski definition) is 4. The lowest BCUT2D eigenvalue weighted by Crippen LogP contribution is -2.17. The summed E-state index contributed by atoms with van der Waals surface area (Å²) in [6.07, 6.45) is 1.74. The minimum Gasteiger partial charge on any atom is -0.325 e. The third-order valence-corrected chi connectivity index (χ3v) is 6.51. The van der Waals surface area contributed by atoms with Gasteiger partial charge in [0, 0.05) is 17.8 Å². The van der Waals surface area contributed by atoms with Gasteiger partial charge >= 0.3 is 0 Å². The number of hydrogen-bond donors (Lipinski definition) is 1. The standard InChI is InChI=1S/C22H24Cl2N4OS/c1-4-14-8-7-9-15(5-2)20(14)25-19(29)13-30-22-27-26-21(28(22)6-3)16-10-11-17(23)18(24)12-16/h7-12H,4-6,13H2,1-3H3,(H,25,29). The molecule has 1 aromatic heterocycles. The zero-order valence-electron chi connectivity index (χ0n) is 17.2. The lowest BCUT2D eigenvalue weighted by Gasteiger charge is -2.14. The fraction of sp³-hybridized carbons (Fsp3) is 0.318. The highest BCUT2D eigenvalue weighted by Crippen LogP contribution is 2.30. The van der Waals surface area contributed by atoms with E-state index in [1.54, 1.807) is 12.1 Å². The van der Waals surface area contributed by atoms with Crippen molar-refractivity contribution < 1.29 is 4.79 Å². The predicted molar refractivity (Wildman–Crippen MR) is 126 cm³/mol. The number of nitrogens with zero attached hydrogens (tertiary/aromatic N) is 3. The molecule has 1 heterocycles. The van der Waals surface area contributed by atoms with Crippen LogP contribution in [-0.2, 0) is 24.2 Å². The van der Waals surface area contributed by atoms with Crippen LogP contribution in [0.4, 0.5) is 5.69 Å². The number of rotatable bonds is 8. The summed E-state index contributed by atoms with van der Waals surface area (Å²) < 4.78 is 1.97. The van der Waals surface area contributed by atoms with Gasteiger partial charge in [-0.2, -0.15) is 0 Å².